The van der Waals surface area contributed by atoms with Crippen LogP contribution in [0.1, 0.15) is 0 Å². The third kappa shape index (κ3) is 4.52. The number of halogens is 3. The molecule has 0 saturated heterocycles. The molecule has 0 bridgehead atoms. The third-order valence-corrected chi connectivity index (χ3v) is 4.99. The van der Waals surface area contributed by atoms with Gasteiger partial charge < -0.3 is 13.9 Å². The lowest BCUT2D eigenvalue weighted by Gasteiger charge is -2.22. The molecule has 3 nitrogen and oxygen atoms in total. The minimum Gasteiger partial charge on any atom is -0.518 e. The second-order valence-corrected chi connectivity index (χ2v) is 17.9. The van der Waals surface area contributed by atoms with Crippen molar-refractivity contribution in [2.24, 2.45) is 0 Å². The van der Waals surface area contributed by atoms with Gasteiger partial charge in [-0.2, -0.15) is 0 Å². The highest BCUT2D eigenvalue weighted by Crippen LogP contribution is 2.42. The van der Waals surface area contributed by atoms with Crippen LogP contribution >= 0.6 is 34.8 Å². The molecule has 0 saturated carbocycles. The maximum atomic E-state index is 5.89. The summed E-state index contributed by atoms with van der Waals surface area (Å²) in [4.78, 5) is 0. The van der Waals surface area contributed by atoms with E-state index in [0.717, 1.165) is 5.38 Å². The predicted octanol–water partition coefficient (Wildman–Crippen LogP) is 4.63. The van der Waals surface area contributed by atoms with Crippen molar-refractivity contribution in [3.8, 4) is 0 Å². The van der Waals surface area contributed by atoms with Gasteiger partial charge in [0.05, 0.1) is 0 Å². The van der Waals surface area contributed by atoms with Crippen LogP contribution in [-0.2, 0) is 13.9 Å². The molecule has 8 heteroatoms. The van der Waals surface area contributed by atoms with Crippen LogP contribution in [0.25, 0.3) is 0 Å². The summed E-state index contributed by atoms with van der Waals surface area (Å²) in [6, 6.07) is 0. The Morgan fingerprint density at radius 3 is 1.83 bits per heavy atom. The quantitative estimate of drug-likeness (QED) is 0.549. The van der Waals surface area contributed by atoms with Gasteiger partial charge in [0, 0.05) is 0 Å². The molecule has 1 aliphatic heterocycles. The minimum atomic E-state index is -1.80. The summed E-state index contributed by atoms with van der Waals surface area (Å²) in [7, 11) is -3.56. The Balaban J connectivity index is 2.99. The van der Waals surface area contributed by atoms with Crippen molar-refractivity contribution in [3.05, 3.63) is 11.3 Å². The van der Waals surface area contributed by atoms with Crippen molar-refractivity contribution in [3.63, 3.8) is 0 Å². The van der Waals surface area contributed by atoms with Crippen LogP contribution in [0.4, 0.5) is 0 Å². The Morgan fingerprint density at radius 1 is 1.00 bits per heavy atom. The van der Waals surface area contributed by atoms with Crippen molar-refractivity contribution in [1.29, 1.82) is 0 Å². The van der Waals surface area contributed by atoms with E-state index in [1.807, 2.05) is 0 Å². The van der Waals surface area contributed by atoms with Crippen LogP contribution in [0.5, 0.6) is 0 Å². The van der Waals surface area contributed by atoms with Gasteiger partial charge in [-0.1, -0.05) is 54.4 Å². The molecular formula is C10H19Cl3O3Si2. The molecule has 0 aromatic heterocycles. The molecule has 18 heavy (non-hydrogen) atoms. The van der Waals surface area contributed by atoms with E-state index in [4.69, 9.17) is 48.7 Å². The van der Waals surface area contributed by atoms with Gasteiger partial charge >= 0.3 is 5.95 Å². The SMILES string of the molecule is C[Si](C)(C)OC1=C([Si](C)(C)C)OC(C(Cl)(Cl)Cl)O1. The topological polar surface area (TPSA) is 27.7 Å². The standard InChI is InChI=1S/C10H19Cl3O3Si2/c1-17(2,3)8-7(16-18(4,5)6)14-9(15-8)10(11,12)13/h9H,1-6H3. The normalized spacial score (nSPS) is 21.7. The summed E-state index contributed by atoms with van der Waals surface area (Å²) in [5, 5.41) is 0.723. The zero-order valence-electron chi connectivity index (χ0n) is 11.4. The van der Waals surface area contributed by atoms with Crippen molar-refractivity contribution >= 4 is 51.2 Å². The fourth-order valence-corrected chi connectivity index (χ4v) is 3.54. The van der Waals surface area contributed by atoms with E-state index < -0.39 is 26.5 Å². The first kappa shape index (κ1) is 16.5. The maximum Gasteiger partial charge on any atom is 0.303 e. The molecule has 0 fully saturated rings. The monoisotopic (exact) mass is 348 g/mol. The number of alkyl halides is 3. The van der Waals surface area contributed by atoms with Gasteiger partial charge in [-0.3, -0.25) is 0 Å². The van der Waals surface area contributed by atoms with Gasteiger partial charge in [0.2, 0.25) is 8.32 Å². The maximum absolute atomic E-state index is 5.89. The highest BCUT2D eigenvalue weighted by atomic mass is 35.6. The van der Waals surface area contributed by atoms with E-state index in [2.05, 4.69) is 39.3 Å². The van der Waals surface area contributed by atoms with E-state index in [-0.39, 0.29) is 0 Å². The molecule has 0 aromatic carbocycles. The smallest absolute Gasteiger partial charge is 0.303 e. The van der Waals surface area contributed by atoms with E-state index in [1.165, 1.54) is 0 Å². The molecule has 0 spiro atoms. The summed E-state index contributed by atoms with van der Waals surface area (Å²) in [5.74, 6) is 0.407. The predicted molar refractivity (Wildman–Crippen MR) is 81.1 cm³/mol. The average molecular weight is 350 g/mol. The first-order valence-electron chi connectivity index (χ1n) is 5.64. The Labute approximate surface area is 125 Å². The number of rotatable bonds is 3. The molecular weight excluding hydrogens is 331 g/mol. The highest BCUT2D eigenvalue weighted by molar-refractivity contribution is 6.82. The zero-order valence-corrected chi connectivity index (χ0v) is 15.7. The molecule has 0 amide bonds. The molecule has 0 aliphatic carbocycles. The molecule has 1 heterocycles. The Morgan fingerprint density at radius 2 is 1.50 bits per heavy atom. The van der Waals surface area contributed by atoms with Gasteiger partial charge in [-0.15, -0.1) is 0 Å². The number of hydrogen-bond donors (Lipinski definition) is 0. The molecule has 1 aliphatic rings. The molecule has 1 atom stereocenters. The average Bonchev–Trinajstić information content (AvgIpc) is 2.42. The Hall–Kier alpha value is 0.444. The van der Waals surface area contributed by atoms with E-state index in [0.29, 0.717) is 5.95 Å². The summed E-state index contributed by atoms with van der Waals surface area (Å²) < 4.78 is 15.5. The fourth-order valence-electron chi connectivity index (χ4n) is 1.30. The number of hydrogen-bond acceptors (Lipinski definition) is 3. The summed E-state index contributed by atoms with van der Waals surface area (Å²) in [6.45, 7) is 12.6. The Kier molecular flexibility index (Phi) is 4.66. The molecule has 0 N–H and O–H groups in total. The fraction of sp³-hybridized carbons (Fsp3) is 0.800. The van der Waals surface area contributed by atoms with Crippen molar-refractivity contribution in [2.75, 3.05) is 0 Å². The zero-order chi connectivity index (χ0) is 14.4. The second kappa shape index (κ2) is 5.09. The van der Waals surface area contributed by atoms with Crippen molar-refractivity contribution < 1.29 is 13.9 Å². The summed E-state index contributed by atoms with van der Waals surface area (Å²) >= 11 is 17.5. The summed E-state index contributed by atoms with van der Waals surface area (Å²) in [5.41, 5.74) is 0. The first-order chi connectivity index (χ1) is 7.81. The molecule has 0 aromatic rings. The van der Waals surface area contributed by atoms with Crippen molar-refractivity contribution in [2.45, 2.75) is 49.4 Å². The van der Waals surface area contributed by atoms with E-state index >= 15 is 0 Å². The Bertz CT molecular complexity index is 353. The lowest BCUT2D eigenvalue weighted by Crippen LogP contribution is -2.31. The van der Waals surface area contributed by atoms with Crippen LogP contribution in [0.3, 0.4) is 0 Å². The highest BCUT2D eigenvalue weighted by Gasteiger charge is 2.47. The van der Waals surface area contributed by atoms with Crippen molar-refractivity contribution in [1.82, 2.24) is 0 Å². The minimum absolute atomic E-state index is 0.407. The molecule has 0 radical (unpaired) electrons. The summed E-state index contributed by atoms with van der Waals surface area (Å²) in [6.07, 6.45) is -0.935. The van der Waals surface area contributed by atoms with Crippen LogP contribution in [0.2, 0.25) is 39.3 Å². The second-order valence-electron chi connectivity index (χ2n) is 6.19. The lowest BCUT2D eigenvalue weighted by atomic mass is 10.7. The molecule has 1 rings (SSSR count). The number of ether oxygens (including phenoxy) is 2. The van der Waals surface area contributed by atoms with Gasteiger partial charge in [0.25, 0.3) is 10.1 Å². The van der Waals surface area contributed by atoms with Gasteiger partial charge in [-0.05, 0) is 19.6 Å². The molecule has 1 unspecified atom stereocenters. The van der Waals surface area contributed by atoms with Crippen LogP contribution in [0.15, 0.2) is 11.3 Å². The third-order valence-electron chi connectivity index (χ3n) is 1.97. The van der Waals surface area contributed by atoms with Crippen LogP contribution in [-0.4, -0.2) is 26.5 Å². The van der Waals surface area contributed by atoms with E-state index in [1.54, 1.807) is 0 Å². The van der Waals surface area contributed by atoms with Gasteiger partial charge in [-0.25, -0.2) is 0 Å². The van der Waals surface area contributed by atoms with Gasteiger partial charge in [0.1, 0.15) is 8.07 Å². The van der Waals surface area contributed by atoms with Crippen LogP contribution in [0, 0.1) is 0 Å². The van der Waals surface area contributed by atoms with Crippen LogP contribution < -0.4 is 0 Å². The molecule has 106 valence electrons. The first-order valence-corrected chi connectivity index (χ1v) is 13.7. The van der Waals surface area contributed by atoms with E-state index in [9.17, 15) is 0 Å². The largest absolute Gasteiger partial charge is 0.518 e. The van der Waals surface area contributed by atoms with Gasteiger partial charge in [0.15, 0.2) is 5.38 Å². The lowest BCUT2D eigenvalue weighted by molar-refractivity contribution is -0.0530.